The summed E-state index contributed by atoms with van der Waals surface area (Å²) in [5, 5.41) is 20.4. The Morgan fingerprint density at radius 3 is 2.30 bits per heavy atom. The van der Waals surface area contributed by atoms with Crippen LogP contribution in [0.4, 0.5) is 0 Å². The molecule has 2 heterocycles. The van der Waals surface area contributed by atoms with Gasteiger partial charge in [0.2, 0.25) is 0 Å². The molecule has 2 atom stereocenters. The topological polar surface area (TPSA) is 46.9 Å². The van der Waals surface area contributed by atoms with E-state index in [1.165, 1.54) is 31.2 Å². The van der Waals surface area contributed by atoms with E-state index in [1.54, 1.807) is 13.8 Å². The Labute approximate surface area is 164 Å². The van der Waals surface area contributed by atoms with Crippen LogP contribution < -0.4 is 0 Å². The second-order valence-electron chi connectivity index (χ2n) is 8.61. The minimum absolute atomic E-state index is 0.256. The Morgan fingerprint density at radius 2 is 1.70 bits per heavy atom. The van der Waals surface area contributed by atoms with Crippen LogP contribution in [0.15, 0.2) is 24.3 Å². The van der Waals surface area contributed by atoms with Crippen molar-refractivity contribution in [2.75, 3.05) is 26.2 Å². The van der Waals surface area contributed by atoms with Crippen LogP contribution in [-0.2, 0) is 6.54 Å². The zero-order valence-corrected chi connectivity index (χ0v) is 16.8. The second kappa shape index (κ2) is 9.21. The maximum absolute atomic E-state index is 10.7. The molecule has 0 bridgehead atoms. The fraction of sp³-hybridized carbons (Fsp3) is 0.652. The molecule has 2 aliphatic rings. The summed E-state index contributed by atoms with van der Waals surface area (Å²) < 4.78 is 0. The molecule has 0 radical (unpaired) electrons. The highest BCUT2D eigenvalue weighted by Gasteiger charge is 2.32. The van der Waals surface area contributed by atoms with Gasteiger partial charge in [-0.1, -0.05) is 36.8 Å². The van der Waals surface area contributed by atoms with E-state index < -0.39 is 5.60 Å². The van der Waals surface area contributed by atoms with Gasteiger partial charge in [-0.15, -0.1) is 0 Å². The SMILES string of the molecule is CC(C)(O)C#Cc1ccc(CN2CC[C@@H](N3CCCCCC3)[C@H](O)C2)cc1. The molecule has 0 spiro atoms. The number of hydrogen-bond donors (Lipinski definition) is 2. The molecule has 0 unspecified atom stereocenters. The fourth-order valence-electron chi connectivity index (χ4n) is 4.16. The monoisotopic (exact) mass is 370 g/mol. The molecule has 2 N–H and O–H groups in total. The van der Waals surface area contributed by atoms with Crippen molar-refractivity contribution in [2.24, 2.45) is 0 Å². The zero-order chi connectivity index (χ0) is 19.3. The highest BCUT2D eigenvalue weighted by atomic mass is 16.3. The van der Waals surface area contributed by atoms with Gasteiger partial charge in [-0.05, 0) is 63.9 Å². The Balaban J connectivity index is 1.52. The Morgan fingerprint density at radius 1 is 1.04 bits per heavy atom. The summed E-state index contributed by atoms with van der Waals surface area (Å²) in [5.74, 6) is 5.85. The number of piperidine rings is 1. The molecule has 0 amide bonds. The Kier molecular flexibility index (Phi) is 6.94. The van der Waals surface area contributed by atoms with Crippen LogP contribution in [0.25, 0.3) is 0 Å². The van der Waals surface area contributed by atoms with Gasteiger partial charge in [-0.2, -0.15) is 0 Å². The first-order valence-electron chi connectivity index (χ1n) is 10.4. The highest BCUT2D eigenvalue weighted by molar-refractivity contribution is 5.37. The Hall–Kier alpha value is -1.38. The molecule has 27 heavy (non-hydrogen) atoms. The van der Waals surface area contributed by atoms with Crippen LogP contribution in [0.2, 0.25) is 0 Å². The number of nitrogens with zero attached hydrogens (tertiary/aromatic N) is 2. The quantitative estimate of drug-likeness (QED) is 0.803. The molecule has 0 aliphatic carbocycles. The van der Waals surface area contributed by atoms with E-state index in [9.17, 15) is 10.2 Å². The maximum Gasteiger partial charge on any atom is 0.120 e. The molecule has 1 aromatic carbocycles. The van der Waals surface area contributed by atoms with E-state index in [-0.39, 0.29) is 6.10 Å². The van der Waals surface area contributed by atoms with Crippen molar-refractivity contribution in [3.8, 4) is 11.8 Å². The predicted octanol–water partition coefficient (Wildman–Crippen LogP) is 2.62. The van der Waals surface area contributed by atoms with Crippen LogP contribution in [0.3, 0.4) is 0 Å². The molecule has 2 aliphatic heterocycles. The van der Waals surface area contributed by atoms with Crippen molar-refractivity contribution in [2.45, 2.75) is 70.2 Å². The van der Waals surface area contributed by atoms with Gasteiger partial charge in [0.05, 0.1) is 6.10 Å². The van der Waals surface area contributed by atoms with E-state index in [1.807, 2.05) is 12.1 Å². The third kappa shape index (κ3) is 6.33. The number of β-amino-alcohol motifs (C(OH)–C–C–N with tert-alkyl or cyclic N) is 1. The summed E-state index contributed by atoms with van der Waals surface area (Å²) >= 11 is 0. The van der Waals surface area contributed by atoms with E-state index in [2.05, 4.69) is 33.8 Å². The molecular weight excluding hydrogens is 336 g/mol. The number of likely N-dealkylation sites (tertiary alicyclic amines) is 2. The minimum Gasteiger partial charge on any atom is -0.390 e. The summed E-state index contributed by atoms with van der Waals surface area (Å²) in [6.07, 6.45) is 6.01. The number of aliphatic hydroxyl groups is 2. The van der Waals surface area contributed by atoms with Gasteiger partial charge in [0.15, 0.2) is 0 Å². The first kappa shape index (κ1) is 20.4. The van der Waals surface area contributed by atoms with Crippen LogP contribution in [0.5, 0.6) is 0 Å². The number of benzene rings is 1. The van der Waals surface area contributed by atoms with E-state index >= 15 is 0 Å². The summed E-state index contributed by atoms with van der Waals surface area (Å²) in [6.45, 7) is 8.33. The van der Waals surface area contributed by atoms with E-state index in [4.69, 9.17) is 0 Å². The lowest BCUT2D eigenvalue weighted by atomic mass is 9.99. The number of rotatable bonds is 3. The number of aliphatic hydroxyl groups excluding tert-OH is 1. The predicted molar refractivity (Wildman–Crippen MR) is 109 cm³/mol. The molecule has 2 fully saturated rings. The molecule has 1 aromatic rings. The van der Waals surface area contributed by atoms with Gasteiger partial charge in [0.25, 0.3) is 0 Å². The average Bonchev–Trinajstić information content (AvgIpc) is 2.90. The van der Waals surface area contributed by atoms with Crippen molar-refractivity contribution in [3.63, 3.8) is 0 Å². The van der Waals surface area contributed by atoms with Crippen molar-refractivity contribution < 1.29 is 10.2 Å². The van der Waals surface area contributed by atoms with Crippen molar-refractivity contribution in [1.82, 2.24) is 9.80 Å². The first-order chi connectivity index (χ1) is 12.9. The third-order valence-corrected chi connectivity index (χ3v) is 5.61. The number of hydrogen-bond acceptors (Lipinski definition) is 4. The summed E-state index contributed by atoms with van der Waals surface area (Å²) in [7, 11) is 0. The molecule has 4 nitrogen and oxygen atoms in total. The fourth-order valence-corrected chi connectivity index (χ4v) is 4.16. The summed E-state index contributed by atoms with van der Waals surface area (Å²) in [5.41, 5.74) is 1.19. The van der Waals surface area contributed by atoms with Crippen LogP contribution >= 0.6 is 0 Å². The van der Waals surface area contributed by atoms with Crippen molar-refractivity contribution >= 4 is 0 Å². The lowest BCUT2D eigenvalue weighted by Gasteiger charge is -2.41. The molecule has 2 saturated heterocycles. The third-order valence-electron chi connectivity index (χ3n) is 5.61. The second-order valence-corrected chi connectivity index (χ2v) is 8.61. The van der Waals surface area contributed by atoms with E-state index in [0.29, 0.717) is 6.04 Å². The minimum atomic E-state index is -0.966. The van der Waals surface area contributed by atoms with Gasteiger partial charge < -0.3 is 10.2 Å². The molecule has 0 aromatic heterocycles. The zero-order valence-electron chi connectivity index (χ0n) is 16.8. The first-order valence-corrected chi connectivity index (χ1v) is 10.4. The van der Waals surface area contributed by atoms with Crippen molar-refractivity contribution in [3.05, 3.63) is 35.4 Å². The summed E-state index contributed by atoms with van der Waals surface area (Å²) in [4.78, 5) is 4.89. The van der Waals surface area contributed by atoms with Gasteiger partial charge >= 0.3 is 0 Å². The standard InChI is InChI=1S/C23H34N2O2/c1-23(2,27)13-11-19-7-9-20(10-8-19)17-24-16-12-21(22(26)18-24)25-14-5-3-4-6-15-25/h7-10,21-22,26-27H,3-6,12,14-18H2,1-2H3/t21-,22-/m1/s1. The van der Waals surface area contributed by atoms with Crippen LogP contribution in [0, 0.1) is 11.8 Å². The molecule has 148 valence electrons. The lowest BCUT2D eigenvalue weighted by molar-refractivity contribution is -0.0144. The maximum atomic E-state index is 10.7. The van der Waals surface area contributed by atoms with Crippen molar-refractivity contribution in [1.29, 1.82) is 0 Å². The molecule has 4 heteroatoms. The van der Waals surface area contributed by atoms with Crippen LogP contribution in [-0.4, -0.2) is 63.9 Å². The normalized spacial score (nSPS) is 25.5. The summed E-state index contributed by atoms with van der Waals surface area (Å²) in [6, 6.07) is 8.55. The molecule has 0 saturated carbocycles. The molecule has 3 rings (SSSR count). The van der Waals surface area contributed by atoms with Gasteiger partial charge in [0, 0.05) is 31.2 Å². The smallest absolute Gasteiger partial charge is 0.120 e. The average molecular weight is 371 g/mol. The molecular formula is C23H34N2O2. The Bertz CT molecular complexity index is 646. The largest absolute Gasteiger partial charge is 0.390 e. The van der Waals surface area contributed by atoms with Crippen LogP contribution in [0.1, 0.15) is 57.1 Å². The van der Waals surface area contributed by atoms with Gasteiger partial charge in [-0.3, -0.25) is 9.80 Å². The highest BCUT2D eigenvalue weighted by Crippen LogP contribution is 2.22. The van der Waals surface area contributed by atoms with E-state index in [0.717, 1.165) is 44.7 Å². The lowest BCUT2D eigenvalue weighted by Crippen LogP contribution is -2.54. The van der Waals surface area contributed by atoms with Gasteiger partial charge in [0.1, 0.15) is 5.60 Å². The van der Waals surface area contributed by atoms with Gasteiger partial charge in [-0.25, -0.2) is 0 Å².